The zero-order valence-corrected chi connectivity index (χ0v) is 29.7. The lowest BCUT2D eigenvalue weighted by molar-refractivity contribution is -0.136. The molecule has 11 nitrogen and oxygen atoms in total. The number of pyridine rings is 1. The second kappa shape index (κ2) is 15.1. The van der Waals surface area contributed by atoms with Crippen LogP contribution in [0, 0.1) is 0 Å². The lowest BCUT2D eigenvalue weighted by Gasteiger charge is -2.29. The van der Waals surface area contributed by atoms with E-state index in [9.17, 15) is 9.59 Å². The number of nitrogens with two attached hydrogens (primary N) is 1. The van der Waals surface area contributed by atoms with Crippen molar-refractivity contribution in [2.24, 2.45) is 5.73 Å². The predicted octanol–water partition coefficient (Wildman–Crippen LogP) is 4.88. The number of hydrogen-bond donors (Lipinski definition) is 3. The molecule has 7 rings (SSSR count). The summed E-state index contributed by atoms with van der Waals surface area (Å²) in [4.78, 5) is 35.2. The number of rotatable bonds is 13. The molecule has 0 unspecified atom stereocenters. The third kappa shape index (κ3) is 7.37. The van der Waals surface area contributed by atoms with Gasteiger partial charge in [-0.1, -0.05) is 42.8 Å². The Hall–Kier alpha value is -4.03. The van der Waals surface area contributed by atoms with E-state index in [0.29, 0.717) is 43.3 Å². The van der Waals surface area contributed by atoms with Crippen LogP contribution in [0.4, 0.5) is 5.69 Å². The number of nitrogens with zero attached hydrogens (tertiary/aromatic N) is 5. The number of piperazine rings is 1. The molecule has 0 radical (unpaired) electrons. The molecule has 0 spiro atoms. The number of hydrogen-bond acceptors (Lipinski definition) is 8. The van der Waals surface area contributed by atoms with E-state index in [0.717, 1.165) is 77.1 Å². The van der Waals surface area contributed by atoms with Crippen LogP contribution in [-0.4, -0.2) is 80.8 Å². The molecule has 4 N–H and O–H groups in total. The normalized spacial score (nSPS) is 19.3. The maximum atomic E-state index is 13.8. The standard InChI is InChI=1S/C38H47ClN8O3/c1-3-34-32(37(43-27-10-12-50-13-11-27)31-19-42-47(4-2)38(31)44-34)23-46(36(49)17-35(40)48)21-25-8-9-33(39)30(15-25)26-7-5-6-24(14-26)20-45-22-28-16-29(45)18-41-28/h5-9,14-15,19,27-29,41H,3-4,10-13,16-18,20-23H2,1-2H3,(H2,40,48)(H,43,44)/t28-,29-/m0/s1. The second-order valence-corrected chi connectivity index (χ2v) is 14.2. The maximum absolute atomic E-state index is 13.8. The molecule has 50 heavy (non-hydrogen) atoms. The van der Waals surface area contributed by atoms with Gasteiger partial charge in [0.25, 0.3) is 0 Å². The minimum Gasteiger partial charge on any atom is -0.381 e. The van der Waals surface area contributed by atoms with Gasteiger partial charge in [0.15, 0.2) is 5.65 Å². The summed E-state index contributed by atoms with van der Waals surface area (Å²) in [5, 5.41) is 13.6. The third-order valence-electron chi connectivity index (χ3n) is 10.4. The second-order valence-electron chi connectivity index (χ2n) is 13.8. The zero-order valence-electron chi connectivity index (χ0n) is 29.0. The highest BCUT2D eigenvalue weighted by atomic mass is 35.5. The summed E-state index contributed by atoms with van der Waals surface area (Å²) in [6.45, 7) is 9.76. The highest BCUT2D eigenvalue weighted by Crippen LogP contribution is 2.34. The number of aryl methyl sites for hydroxylation is 2. The summed E-state index contributed by atoms with van der Waals surface area (Å²) in [7, 11) is 0. The van der Waals surface area contributed by atoms with E-state index in [1.165, 1.54) is 12.0 Å². The molecule has 3 aliphatic rings. The van der Waals surface area contributed by atoms with E-state index in [1.54, 1.807) is 4.90 Å². The lowest BCUT2D eigenvalue weighted by Crippen LogP contribution is -2.42. The van der Waals surface area contributed by atoms with Crippen molar-refractivity contribution >= 4 is 40.1 Å². The average Bonchev–Trinajstić information content (AvgIpc) is 3.86. The van der Waals surface area contributed by atoms with E-state index >= 15 is 0 Å². The Morgan fingerprint density at radius 2 is 1.96 bits per heavy atom. The van der Waals surface area contributed by atoms with Gasteiger partial charge in [-0.15, -0.1) is 0 Å². The molecule has 3 aliphatic heterocycles. The van der Waals surface area contributed by atoms with E-state index in [2.05, 4.69) is 64.8 Å². The third-order valence-corrected chi connectivity index (χ3v) is 10.7. The number of aromatic nitrogens is 3. The van der Waals surface area contributed by atoms with Gasteiger partial charge >= 0.3 is 0 Å². The number of ether oxygens (including phenoxy) is 1. The van der Waals surface area contributed by atoms with Crippen LogP contribution in [0.1, 0.15) is 61.9 Å². The van der Waals surface area contributed by atoms with Crippen LogP contribution in [0.15, 0.2) is 48.7 Å². The van der Waals surface area contributed by atoms with Crippen LogP contribution in [-0.2, 0) is 46.9 Å². The number of nitrogens with one attached hydrogen (secondary N) is 2. The number of halogens is 1. The van der Waals surface area contributed by atoms with E-state index in [-0.39, 0.29) is 31.5 Å². The average molecular weight is 699 g/mol. The number of amides is 2. The van der Waals surface area contributed by atoms with Gasteiger partial charge in [0, 0.05) is 92.5 Å². The summed E-state index contributed by atoms with van der Waals surface area (Å²) in [6.07, 6.45) is 5.11. The Labute approximate surface area is 298 Å². The van der Waals surface area contributed by atoms with Gasteiger partial charge in [0.2, 0.25) is 11.8 Å². The van der Waals surface area contributed by atoms with Crippen molar-refractivity contribution in [2.75, 3.05) is 31.6 Å². The molecule has 2 bridgehead atoms. The molecule has 2 aromatic carbocycles. The van der Waals surface area contributed by atoms with Gasteiger partial charge in [-0.2, -0.15) is 5.10 Å². The number of fused-ring (bicyclic) bond motifs is 3. The van der Waals surface area contributed by atoms with Gasteiger partial charge in [-0.25, -0.2) is 9.67 Å². The maximum Gasteiger partial charge on any atom is 0.232 e. The molecule has 4 aromatic rings. The lowest BCUT2D eigenvalue weighted by atomic mass is 9.99. The van der Waals surface area contributed by atoms with E-state index < -0.39 is 5.91 Å². The Morgan fingerprint density at radius 1 is 1.12 bits per heavy atom. The fourth-order valence-corrected chi connectivity index (χ4v) is 8.02. The molecular formula is C38H47ClN8O3. The largest absolute Gasteiger partial charge is 0.381 e. The number of anilines is 1. The number of carbonyl (C=O) groups excluding carboxylic acids is 2. The Bertz CT molecular complexity index is 1870. The summed E-state index contributed by atoms with van der Waals surface area (Å²) in [5.74, 6) is -1.00. The summed E-state index contributed by atoms with van der Waals surface area (Å²) in [6, 6.07) is 15.9. The van der Waals surface area contributed by atoms with Crippen molar-refractivity contribution in [1.29, 1.82) is 0 Å². The van der Waals surface area contributed by atoms with Crippen LogP contribution in [0.25, 0.3) is 22.2 Å². The Balaban J connectivity index is 1.21. The minimum absolute atomic E-state index is 0.212. The summed E-state index contributed by atoms with van der Waals surface area (Å²) < 4.78 is 7.54. The number of likely N-dealkylation sites (tertiary alicyclic amines) is 1. The van der Waals surface area contributed by atoms with Gasteiger partial charge in [0.05, 0.1) is 17.3 Å². The molecule has 264 valence electrons. The van der Waals surface area contributed by atoms with Gasteiger partial charge < -0.3 is 26.0 Å². The van der Waals surface area contributed by atoms with Crippen molar-refractivity contribution in [3.8, 4) is 11.1 Å². The molecule has 12 heteroatoms. The van der Waals surface area contributed by atoms with Crippen LogP contribution < -0.4 is 16.4 Å². The van der Waals surface area contributed by atoms with Crippen molar-refractivity contribution in [2.45, 2.75) is 90.3 Å². The zero-order chi connectivity index (χ0) is 34.8. The smallest absolute Gasteiger partial charge is 0.232 e. The first-order valence-electron chi connectivity index (χ1n) is 17.9. The van der Waals surface area contributed by atoms with Crippen molar-refractivity contribution in [3.05, 3.63) is 76.1 Å². The van der Waals surface area contributed by atoms with Crippen molar-refractivity contribution in [1.82, 2.24) is 29.9 Å². The molecular weight excluding hydrogens is 652 g/mol. The Morgan fingerprint density at radius 3 is 2.68 bits per heavy atom. The Kier molecular flexibility index (Phi) is 10.4. The van der Waals surface area contributed by atoms with E-state index in [4.69, 9.17) is 27.1 Å². The number of benzene rings is 2. The molecule has 3 fully saturated rings. The highest BCUT2D eigenvalue weighted by molar-refractivity contribution is 6.33. The highest BCUT2D eigenvalue weighted by Gasteiger charge is 2.37. The minimum atomic E-state index is -0.662. The molecule has 2 aromatic heterocycles. The van der Waals surface area contributed by atoms with Gasteiger partial charge in [0.1, 0.15) is 6.42 Å². The number of carbonyl (C=O) groups is 2. The summed E-state index contributed by atoms with van der Waals surface area (Å²) in [5.41, 5.74) is 13.2. The van der Waals surface area contributed by atoms with Crippen LogP contribution >= 0.6 is 11.6 Å². The molecule has 2 amide bonds. The van der Waals surface area contributed by atoms with Gasteiger partial charge in [-0.05, 0) is 67.5 Å². The SMILES string of the molecule is CCc1nc2c(cnn2CC)c(NC2CCOCC2)c1CN(Cc1ccc(Cl)c(-c2cccc(CN3C[C@@H]4C[C@H]3CN4)c2)c1)C(=O)CC(N)=O. The molecule has 3 saturated heterocycles. The van der Waals surface area contributed by atoms with E-state index in [1.807, 2.05) is 23.0 Å². The summed E-state index contributed by atoms with van der Waals surface area (Å²) >= 11 is 6.83. The fourth-order valence-electron chi connectivity index (χ4n) is 7.79. The van der Waals surface area contributed by atoms with Crippen molar-refractivity contribution in [3.63, 3.8) is 0 Å². The fraction of sp³-hybridized carbons (Fsp3) is 0.474. The first-order valence-corrected chi connectivity index (χ1v) is 18.3. The predicted molar refractivity (Wildman–Crippen MR) is 196 cm³/mol. The van der Waals surface area contributed by atoms with Crippen molar-refractivity contribution < 1.29 is 14.3 Å². The molecule has 2 atom stereocenters. The molecule has 0 saturated carbocycles. The van der Waals surface area contributed by atoms with Crippen LogP contribution in [0.5, 0.6) is 0 Å². The first-order chi connectivity index (χ1) is 24.3. The quantitative estimate of drug-likeness (QED) is 0.169. The number of primary amides is 1. The first kappa shape index (κ1) is 34.4. The molecule has 0 aliphatic carbocycles. The topological polar surface area (TPSA) is 131 Å². The monoisotopic (exact) mass is 698 g/mol. The van der Waals surface area contributed by atoms with Gasteiger partial charge in [-0.3, -0.25) is 14.5 Å². The van der Waals surface area contributed by atoms with Crippen LogP contribution in [0.2, 0.25) is 5.02 Å². The molecule has 5 heterocycles. The van der Waals surface area contributed by atoms with Crippen LogP contribution in [0.3, 0.4) is 0 Å².